The van der Waals surface area contributed by atoms with Crippen LogP contribution in [0.2, 0.25) is 0 Å². The monoisotopic (exact) mass is 300 g/mol. The van der Waals surface area contributed by atoms with E-state index in [2.05, 4.69) is 25.5 Å². The summed E-state index contributed by atoms with van der Waals surface area (Å²) in [6.07, 6.45) is 4.71. The summed E-state index contributed by atoms with van der Waals surface area (Å²) >= 11 is 0. The zero-order valence-electron chi connectivity index (χ0n) is 12.5. The number of morpholine rings is 1. The van der Waals surface area contributed by atoms with Gasteiger partial charge in [-0.1, -0.05) is 0 Å². The molecule has 22 heavy (non-hydrogen) atoms. The Labute approximate surface area is 129 Å². The lowest BCUT2D eigenvalue weighted by molar-refractivity contribution is 0.122. The molecule has 2 N–H and O–H groups in total. The van der Waals surface area contributed by atoms with Gasteiger partial charge in [0.25, 0.3) is 0 Å². The van der Waals surface area contributed by atoms with E-state index in [4.69, 9.17) is 9.72 Å². The maximum absolute atomic E-state index is 5.41. The Hall–Kier alpha value is -1.99. The van der Waals surface area contributed by atoms with Crippen LogP contribution in [0, 0.1) is 0 Å². The lowest BCUT2D eigenvalue weighted by Crippen LogP contribution is -2.37. The number of aromatic nitrogens is 3. The van der Waals surface area contributed by atoms with Crippen molar-refractivity contribution in [1.29, 1.82) is 0 Å². The maximum Gasteiger partial charge on any atom is 0.228 e. The van der Waals surface area contributed by atoms with Crippen molar-refractivity contribution in [3.05, 3.63) is 18.5 Å². The lowest BCUT2D eigenvalue weighted by Gasteiger charge is -2.27. The normalized spacial score (nSPS) is 22.2. The van der Waals surface area contributed by atoms with E-state index in [1.54, 1.807) is 12.4 Å². The van der Waals surface area contributed by atoms with Gasteiger partial charge in [-0.3, -0.25) is 4.98 Å². The van der Waals surface area contributed by atoms with E-state index in [9.17, 15) is 0 Å². The van der Waals surface area contributed by atoms with Crippen molar-refractivity contribution in [1.82, 2.24) is 20.3 Å². The highest BCUT2D eigenvalue weighted by atomic mass is 16.5. The van der Waals surface area contributed by atoms with Crippen molar-refractivity contribution in [2.75, 3.05) is 49.6 Å². The molecule has 116 valence electrons. The molecule has 0 unspecified atom stereocenters. The average molecular weight is 300 g/mol. The predicted octanol–water partition coefficient (Wildman–Crippen LogP) is 0.635. The molecular formula is C15H20N6O. The predicted molar refractivity (Wildman–Crippen MR) is 85.3 cm³/mol. The molecule has 0 radical (unpaired) electrons. The van der Waals surface area contributed by atoms with Gasteiger partial charge < -0.3 is 20.3 Å². The maximum atomic E-state index is 5.41. The van der Waals surface area contributed by atoms with E-state index in [0.29, 0.717) is 6.04 Å². The first-order valence-corrected chi connectivity index (χ1v) is 7.82. The fraction of sp³-hybridized carbons (Fsp3) is 0.533. The molecule has 2 saturated heterocycles. The van der Waals surface area contributed by atoms with Crippen LogP contribution in [0.25, 0.3) is 10.9 Å². The summed E-state index contributed by atoms with van der Waals surface area (Å²) in [6.45, 7) is 5.14. The van der Waals surface area contributed by atoms with Crippen molar-refractivity contribution < 1.29 is 4.74 Å². The van der Waals surface area contributed by atoms with Gasteiger partial charge in [0.1, 0.15) is 5.82 Å². The first-order valence-electron chi connectivity index (χ1n) is 7.82. The molecule has 2 aliphatic rings. The van der Waals surface area contributed by atoms with Crippen LogP contribution in [0.4, 0.5) is 11.8 Å². The van der Waals surface area contributed by atoms with Crippen molar-refractivity contribution in [2.45, 2.75) is 12.5 Å². The number of nitrogens with zero attached hydrogens (tertiary/aromatic N) is 4. The highest BCUT2D eigenvalue weighted by molar-refractivity contribution is 5.89. The molecule has 0 spiro atoms. The molecule has 0 saturated carbocycles. The molecule has 4 rings (SSSR count). The van der Waals surface area contributed by atoms with Gasteiger partial charge in [-0.15, -0.1) is 0 Å². The second kappa shape index (κ2) is 6.02. The van der Waals surface area contributed by atoms with E-state index < -0.39 is 0 Å². The smallest absolute Gasteiger partial charge is 0.228 e. The molecule has 2 aromatic rings. The number of hydrogen-bond acceptors (Lipinski definition) is 7. The van der Waals surface area contributed by atoms with Crippen LogP contribution in [0.3, 0.4) is 0 Å². The Balaban J connectivity index is 1.71. The minimum atomic E-state index is 0.420. The Morgan fingerprint density at radius 2 is 2.18 bits per heavy atom. The summed E-state index contributed by atoms with van der Waals surface area (Å²) < 4.78 is 5.41. The summed E-state index contributed by atoms with van der Waals surface area (Å²) in [5, 5.41) is 7.96. The van der Waals surface area contributed by atoms with Gasteiger partial charge in [-0.2, -0.15) is 4.98 Å². The Kier molecular flexibility index (Phi) is 3.74. The molecule has 7 heteroatoms. The van der Waals surface area contributed by atoms with E-state index >= 15 is 0 Å². The van der Waals surface area contributed by atoms with E-state index in [1.807, 2.05) is 6.07 Å². The minimum absolute atomic E-state index is 0.420. The molecule has 1 atom stereocenters. The molecule has 7 nitrogen and oxygen atoms in total. The summed E-state index contributed by atoms with van der Waals surface area (Å²) in [4.78, 5) is 15.8. The fourth-order valence-corrected chi connectivity index (χ4v) is 2.95. The second-order valence-corrected chi connectivity index (χ2v) is 5.70. The minimum Gasteiger partial charge on any atom is -0.378 e. The zero-order valence-corrected chi connectivity index (χ0v) is 12.5. The molecular weight excluding hydrogens is 280 g/mol. The average Bonchev–Trinajstić information content (AvgIpc) is 3.09. The molecule has 0 aliphatic carbocycles. The van der Waals surface area contributed by atoms with Gasteiger partial charge in [0.15, 0.2) is 0 Å². The Bertz CT molecular complexity index is 652. The molecule has 0 bridgehead atoms. The largest absolute Gasteiger partial charge is 0.378 e. The molecule has 0 amide bonds. The fourth-order valence-electron chi connectivity index (χ4n) is 2.95. The Morgan fingerprint density at radius 3 is 3.00 bits per heavy atom. The quantitative estimate of drug-likeness (QED) is 0.861. The zero-order chi connectivity index (χ0) is 14.8. The first-order chi connectivity index (χ1) is 10.9. The summed E-state index contributed by atoms with van der Waals surface area (Å²) in [6, 6.07) is 2.40. The number of anilines is 2. The third-order valence-corrected chi connectivity index (χ3v) is 4.18. The number of pyridine rings is 1. The van der Waals surface area contributed by atoms with Gasteiger partial charge in [-0.25, -0.2) is 4.98 Å². The number of ether oxygens (including phenoxy) is 1. The van der Waals surface area contributed by atoms with Gasteiger partial charge in [0.2, 0.25) is 5.95 Å². The van der Waals surface area contributed by atoms with Crippen LogP contribution in [0.15, 0.2) is 18.5 Å². The van der Waals surface area contributed by atoms with Crippen LogP contribution >= 0.6 is 0 Å². The van der Waals surface area contributed by atoms with E-state index in [0.717, 1.165) is 68.5 Å². The molecule has 2 aliphatic heterocycles. The third kappa shape index (κ3) is 2.69. The van der Waals surface area contributed by atoms with Crippen LogP contribution in [0.5, 0.6) is 0 Å². The first kappa shape index (κ1) is 13.7. The number of nitrogens with one attached hydrogen (secondary N) is 2. The standard InChI is InChI=1S/C15H20N6O/c1-3-16-9-11(1)18-14-12-2-4-17-10-13(12)19-15(20-14)21-5-7-22-8-6-21/h2,4,10-11,16H,1,3,5-9H2,(H,18,19,20)/t11-/m1/s1. The molecule has 0 aromatic carbocycles. The summed E-state index contributed by atoms with van der Waals surface area (Å²) in [7, 11) is 0. The molecule has 2 fully saturated rings. The van der Waals surface area contributed by atoms with Crippen LogP contribution < -0.4 is 15.5 Å². The van der Waals surface area contributed by atoms with Gasteiger partial charge in [-0.05, 0) is 19.0 Å². The van der Waals surface area contributed by atoms with Crippen LogP contribution in [-0.2, 0) is 4.74 Å². The topological polar surface area (TPSA) is 75.2 Å². The summed E-state index contributed by atoms with van der Waals surface area (Å²) in [5.74, 6) is 1.67. The Morgan fingerprint density at radius 1 is 1.27 bits per heavy atom. The SMILES string of the molecule is c1cc2c(N[C@@H]3CCNC3)nc(N3CCOCC3)nc2cn1. The van der Waals surface area contributed by atoms with Crippen molar-refractivity contribution in [3.63, 3.8) is 0 Å². The van der Waals surface area contributed by atoms with Crippen molar-refractivity contribution in [2.24, 2.45) is 0 Å². The van der Waals surface area contributed by atoms with Gasteiger partial charge in [0.05, 0.1) is 24.9 Å². The highest BCUT2D eigenvalue weighted by Gasteiger charge is 2.19. The van der Waals surface area contributed by atoms with Crippen molar-refractivity contribution >= 4 is 22.7 Å². The number of rotatable bonds is 3. The van der Waals surface area contributed by atoms with Crippen molar-refractivity contribution in [3.8, 4) is 0 Å². The van der Waals surface area contributed by atoms with Gasteiger partial charge >= 0.3 is 0 Å². The molecule has 2 aromatic heterocycles. The van der Waals surface area contributed by atoms with E-state index in [-0.39, 0.29) is 0 Å². The number of hydrogen-bond donors (Lipinski definition) is 2. The summed E-state index contributed by atoms with van der Waals surface area (Å²) in [5.41, 5.74) is 0.882. The third-order valence-electron chi connectivity index (χ3n) is 4.18. The lowest BCUT2D eigenvalue weighted by atomic mass is 10.2. The van der Waals surface area contributed by atoms with Gasteiger partial charge in [0, 0.05) is 37.3 Å². The number of fused-ring (bicyclic) bond motifs is 1. The van der Waals surface area contributed by atoms with Crippen LogP contribution in [-0.4, -0.2) is 60.4 Å². The second-order valence-electron chi connectivity index (χ2n) is 5.70. The molecule has 4 heterocycles. The van der Waals surface area contributed by atoms with Crippen LogP contribution in [0.1, 0.15) is 6.42 Å². The highest BCUT2D eigenvalue weighted by Crippen LogP contribution is 2.24. The van der Waals surface area contributed by atoms with E-state index in [1.165, 1.54) is 0 Å².